The van der Waals surface area contributed by atoms with Crippen LogP contribution in [0.1, 0.15) is 25.5 Å². The van der Waals surface area contributed by atoms with E-state index in [9.17, 15) is 13.2 Å². The summed E-state index contributed by atoms with van der Waals surface area (Å²) in [5.74, 6) is 0.439. The topological polar surface area (TPSA) is 29.9 Å². The third-order valence-corrected chi connectivity index (χ3v) is 5.12. The highest BCUT2D eigenvalue weighted by atomic mass is 35.5. The number of imidazole rings is 1. The van der Waals surface area contributed by atoms with Gasteiger partial charge in [-0.15, -0.1) is 0 Å². The van der Waals surface area contributed by atoms with Crippen molar-refractivity contribution in [1.82, 2.24) is 9.55 Å². The molecule has 4 rings (SSSR count). The van der Waals surface area contributed by atoms with Gasteiger partial charge in [0.25, 0.3) is 0 Å². The summed E-state index contributed by atoms with van der Waals surface area (Å²) in [5.41, 5.74) is 2.81. The first-order valence-electron chi connectivity index (χ1n) is 9.45. The predicted molar refractivity (Wildman–Crippen MR) is 115 cm³/mol. The second kappa shape index (κ2) is 7.69. The third kappa shape index (κ3) is 3.87. The Morgan fingerprint density at radius 2 is 1.57 bits per heavy atom. The standard InChI is InChI=1S/C23H19ClF3N3/c1-14(2)30-21-19(24)12-17(23(25,26)27)13-20(21)29-22(30)28-18-10-8-16(9-11-18)15-6-4-3-5-7-15/h3-14H,1-2H3,(H,28,29). The summed E-state index contributed by atoms with van der Waals surface area (Å²) >= 11 is 6.23. The van der Waals surface area contributed by atoms with Gasteiger partial charge < -0.3 is 9.88 Å². The molecule has 0 spiro atoms. The summed E-state index contributed by atoms with van der Waals surface area (Å²) in [4.78, 5) is 4.41. The summed E-state index contributed by atoms with van der Waals surface area (Å²) in [6.07, 6.45) is -4.49. The molecule has 0 aliphatic rings. The van der Waals surface area contributed by atoms with E-state index in [4.69, 9.17) is 11.6 Å². The monoisotopic (exact) mass is 429 g/mol. The second-order valence-corrected chi connectivity index (χ2v) is 7.70. The van der Waals surface area contributed by atoms with Gasteiger partial charge in [0.15, 0.2) is 0 Å². The molecule has 1 aromatic heterocycles. The average molecular weight is 430 g/mol. The maximum absolute atomic E-state index is 13.2. The van der Waals surface area contributed by atoms with Crippen LogP contribution in [-0.2, 0) is 6.18 Å². The fourth-order valence-electron chi connectivity index (χ4n) is 3.44. The van der Waals surface area contributed by atoms with Crippen LogP contribution < -0.4 is 5.32 Å². The number of nitrogens with one attached hydrogen (secondary N) is 1. The number of nitrogens with zero attached hydrogens (tertiary/aromatic N) is 2. The van der Waals surface area contributed by atoms with Gasteiger partial charge in [0.1, 0.15) is 0 Å². The number of aromatic nitrogens is 2. The molecule has 7 heteroatoms. The highest BCUT2D eigenvalue weighted by Crippen LogP contribution is 2.38. The normalized spacial score (nSPS) is 12.0. The molecule has 0 bridgehead atoms. The average Bonchev–Trinajstić information content (AvgIpc) is 3.07. The van der Waals surface area contributed by atoms with E-state index in [0.29, 0.717) is 11.5 Å². The molecule has 0 saturated carbocycles. The van der Waals surface area contributed by atoms with Crippen LogP contribution in [0.4, 0.5) is 24.8 Å². The number of anilines is 2. The first-order valence-corrected chi connectivity index (χ1v) is 9.83. The van der Waals surface area contributed by atoms with Crippen LogP contribution in [0, 0.1) is 0 Å². The molecule has 3 aromatic carbocycles. The number of halogens is 4. The van der Waals surface area contributed by atoms with E-state index in [0.717, 1.165) is 28.9 Å². The molecule has 1 N–H and O–H groups in total. The van der Waals surface area contributed by atoms with Gasteiger partial charge in [0.2, 0.25) is 5.95 Å². The molecule has 0 radical (unpaired) electrons. The van der Waals surface area contributed by atoms with Gasteiger partial charge in [-0.3, -0.25) is 0 Å². The second-order valence-electron chi connectivity index (χ2n) is 7.29. The molecule has 0 fully saturated rings. The quantitative estimate of drug-likeness (QED) is 0.360. The van der Waals surface area contributed by atoms with Crippen molar-refractivity contribution in [1.29, 1.82) is 0 Å². The molecular formula is C23H19ClF3N3. The zero-order chi connectivity index (χ0) is 21.5. The summed E-state index contributed by atoms with van der Waals surface area (Å²) in [6, 6.07) is 19.7. The van der Waals surface area contributed by atoms with Crippen molar-refractivity contribution in [2.45, 2.75) is 26.1 Å². The van der Waals surface area contributed by atoms with E-state index in [1.807, 2.05) is 73.0 Å². The van der Waals surface area contributed by atoms with Crippen molar-refractivity contribution in [3.8, 4) is 11.1 Å². The zero-order valence-corrected chi connectivity index (χ0v) is 17.1. The van der Waals surface area contributed by atoms with Crippen LogP contribution in [0.15, 0.2) is 66.7 Å². The van der Waals surface area contributed by atoms with Gasteiger partial charge in [-0.05, 0) is 49.2 Å². The minimum Gasteiger partial charge on any atom is -0.326 e. The predicted octanol–water partition coefficient (Wildman–Crippen LogP) is 7.70. The zero-order valence-electron chi connectivity index (χ0n) is 16.3. The minimum absolute atomic E-state index is 0.0218. The molecule has 1 heterocycles. The SMILES string of the molecule is CC(C)n1c(Nc2ccc(-c3ccccc3)cc2)nc2cc(C(F)(F)F)cc(Cl)c21. The van der Waals surface area contributed by atoms with E-state index < -0.39 is 11.7 Å². The van der Waals surface area contributed by atoms with E-state index >= 15 is 0 Å². The van der Waals surface area contributed by atoms with Gasteiger partial charge in [0, 0.05) is 11.7 Å². The lowest BCUT2D eigenvalue weighted by molar-refractivity contribution is -0.137. The van der Waals surface area contributed by atoms with E-state index in [2.05, 4.69) is 10.3 Å². The number of hydrogen-bond acceptors (Lipinski definition) is 2. The lowest BCUT2D eigenvalue weighted by Gasteiger charge is -2.15. The van der Waals surface area contributed by atoms with Crippen molar-refractivity contribution in [3.05, 3.63) is 77.3 Å². The number of fused-ring (bicyclic) bond motifs is 1. The Labute approximate surface area is 177 Å². The highest BCUT2D eigenvalue weighted by Gasteiger charge is 2.32. The first-order chi connectivity index (χ1) is 14.2. The fourth-order valence-corrected chi connectivity index (χ4v) is 3.75. The van der Waals surface area contributed by atoms with Gasteiger partial charge >= 0.3 is 6.18 Å². The Kier molecular flexibility index (Phi) is 5.20. The number of hydrogen-bond donors (Lipinski definition) is 1. The first kappa shape index (κ1) is 20.3. The third-order valence-electron chi connectivity index (χ3n) is 4.83. The van der Waals surface area contributed by atoms with Crippen LogP contribution in [0.5, 0.6) is 0 Å². The Morgan fingerprint density at radius 3 is 2.17 bits per heavy atom. The number of benzene rings is 3. The van der Waals surface area contributed by atoms with Crippen molar-refractivity contribution in [2.75, 3.05) is 5.32 Å². The van der Waals surface area contributed by atoms with Crippen LogP contribution in [0.2, 0.25) is 5.02 Å². The molecular weight excluding hydrogens is 411 g/mol. The molecule has 0 unspecified atom stereocenters. The van der Waals surface area contributed by atoms with Gasteiger partial charge in [-0.25, -0.2) is 4.98 Å². The van der Waals surface area contributed by atoms with Crippen molar-refractivity contribution in [3.63, 3.8) is 0 Å². The molecule has 30 heavy (non-hydrogen) atoms. The summed E-state index contributed by atoms with van der Waals surface area (Å²) in [6.45, 7) is 3.86. The smallest absolute Gasteiger partial charge is 0.326 e. The number of rotatable bonds is 4. The van der Waals surface area contributed by atoms with Crippen LogP contribution in [-0.4, -0.2) is 9.55 Å². The molecule has 0 saturated heterocycles. The summed E-state index contributed by atoms with van der Waals surface area (Å²) < 4.78 is 41.3. The van der Waals surface area contributed by atoms with E-state index in [1.54, 1.807) is 0 Å². The van der Waals surface area contributed by atoms with E-state index in [-0.39, 0.29) is 16.6 Å². The van der Waals surface area contributed by atoms with Crippen molar-refractivity contribution >= 4 is 34.3 Å². The highest BCUT2D eigenvalue weighted by molar-refractivity contribution is 6.35. The van der Waals surface area contributed by atoms with Crippen LogP contribution in [0.3, 0.4) is 0 Å². The molecule has 3 nitrogen and oxygen atoms in total. The fraction of sp³-hybridized carbons (Fsp3) is 0.174. The molecule has 154 valence electrons. The lowest BCUT2D eigenvalue weighted by Crippen LogP contribution is -2.07. The molecule has 0 aliphatic heterocycles. The minimum atomic E-state index is -4.49. The maximum Gasteiger partial charge on any atom is 0.416 e. The van der Waals surface area contributed by atoms with Gasteiger partial charge in [-0.2, -0.15) is 13.2 Å². The van der Waals surface area contributed by atoms with Crippen molar-refractivity contribution < 1.29 is 13.2 Å². The van der Waals surface area contributed by atoms with Crippen LogP contribution in [0.25, 0.3) is 22.2 Å². The Balaban J connectivity index is 1.73. The Morgan fingerprint density at radius 1 is 0.933 bits per heavy atom. The van der Waals surface area contributed by atoms with Crippen molar-refractivity contribution in [2.24, 2.45) is 0 Å². The molecule has 0 amide bonds. The van der Waals surface area contributed by atoms with Gasteiger partial charge in [0.05, 0.1) is 21.6 Å². The molecule has 0 atom stereocenters. The van der Waals surface area contributed by atoms with Crippen LogP contribution >= 0.6 is 11.6 Å². The summed E-state index contributed by atoms with van der Waals surface area (Å²) in [7, 11) is 0. The summed E-state index contributed by atoms with van der Waals surface area (Å²) in [5, 5.41) is 3.24. The van der Waals surface area contributed by atoms with Gasteiger partial charge in [-0.1, -0.05) is 54.1 Å². The van der Waals surface area contributed by atoms with E-state index in [1.165, 1.54) is 0 Å². The lowest BCUT2D eigenvalue weighted by atomic mass is 10.1. The molecule has 4 aromatic rings. The largest absolute Gasteiger partial charge is 0.416 e. The molecule has 0 aliphatic carbocycles. The number of alkyl halides is 3. The Bertz CT molecular complexity index is 1180. The maximum atomic E-state index is 13.2. The Hall–Kier alpha value is -2.99.